The predicted octanol–water partition coefficient (Wildman–Crippen LogP) is 3.83. The zero-order valence-corrected chi connectivity index (χ0v) is 11.4. The Kier molecular flexibility index (Phi) is 22.1. The lowest BCUT2D eigenvalue weighted by molar-refractivity contribution is -0.531. The van der Waals surface area contributed by atoms with Crippen LogP contribution in [0.2, 0.25) is 0 Å². The molecule has 0 amide bonds. The second-order valence-corrected chi connectivity index (χ2v) is 3.27. The standard InChI is InChI=1S/C8H16N.2C2H6.CH4.B/c1-6-5-7(2)9(4)8(6)3;2*1-2;;/h6,8H,5H2,1-4H3;2*1-2H3;1H4;/q+1;;;;. The molecule has 0 fully saturated rings. The highest BCUT2D eigenvalue weighted by molar-refractivity contribution is 5.78. The zero-order valence-electron chi connectivity index (χ0n) is 11.4. The Hall–Kier alpha value is -0.265. The Morgan fingerprint density at radius 1 is 1.07 bits per heavy atom. The van der Waals surface area contributed by atoms with Crippen LogP contribution in [0.5, 0.6) is 0 Å². The molecule has 0 spiro atoms. The van der Waals surface area contributed by atoms with E-state index >= 15 is 0 Å². The first kappa shape index (κ1) is 24.1. The Bertz CT molecular complexity index is 153. The monoisotopic (exact) mass is 213 g/mol. The van der Waals surface area contributed by atoms with E-state index in [9.17, 15) is 0 Å². The molecular weight excluding hydrogens is 181 g/mol. The van der Waals surface area contributed by atoms with Crippen LogP contribution >= 0.6 is 0 Å². The summed E-state index contributed by atoms with van der Waals surface area (Å²) in [6.45, 7) is 14.8. The van der Waals surface area contributed by atoms with Crippen molar-refractivity contribution in [1.29, 1.82) is 0 Å². The van der Waals surface area contributed by atoms with E-state index in [2.05, 4.69) is 32.4 Å². The van der Waals surface area contributed by atoms with E-state index in [1.807, 2.05) is 27.7 Å². The molecule has 15 heavy (non-hydrogen) atoms. The van der Waals surface area contributed by atoms with Crippen molar-refractivity contribution in [3.63, 3.8) is 0 Å². The van der Waals surface area contributed by atoms with E-state index in [1.165, 1.54) is 12.1 Å². The Balaban J connectivity index is -0.0000000910. The third-order valence-electron chi connectivity index (χ3n) is 2.65. The maximum Gasteiger partial charge on any atom is 0.152 e. The number of nitrogens with zero attached hydrogens (tertiary/aromatic N) is 1. The molecule has 1 rings (SSSR count). The SMILES string of the molecule is C.CC.CC.CC1=[N+](C)C(C)C(C)C1.[B]. The van der Waals surface area contributed by atoms with Gasteiger partial charge in [-0.3, -0.25) is 0 Å². The average Bonchev–Trinajstić information content (AvgIpc) is 2.40. The largest absolute Gasteiger partial charge is 0.237 e. The van der Waals surface area contributed by atoms with Crippen molar-refractivity contribution in [3.8, 4) is 0 Å². The summed E-state index contributed by atoms with van der Waals surface area (Å²) in [5, 5.41) is 0. The summed E-state index contributed by atoms with van der Waals surface area (Å²) in [4.78, 5) is 0. The van der Waals surface area contributed by atoms with Crippen molar-refractivity contribution in [3.05, 3.63) is 0 Å². The van der Waals surface area contributed by atoms with Crippen molar-refractivity contribution >= 4 is 14.1 Å². The Morgan fingerprint density at radius 3 is 1.47 bits per heavy atom. The van der Waals surface area contributed by atoms with E-state index in [1.54, 1.807) is 0 Å². The van der Waals surface area contributed by atoms with E-state index in [0.717, 1.165) is 12.0 Å². The molecule has 1 heterocycles. The molecule has 3 radical (unpaired) electrons. The molecule has 1 aliphatic heterocycles. The first-order valence-electron chi connectivity index (χ1n) is 5.68. The molecule has 0 bridgehead atoms. The first-order valence-corrected chi connectivity index (χ1v) is 5.68. The van der Waals surface area contributed by atoms with Crippen LogP contribution in [-0.4, -0.2) is 31.8 Å². The maximum atomic E-state index is 2.38. The summed E-state index contributed by atoms with van der Waals surface area (Å²) < 4.78 is 2.38. The smallest absolute Gasteiger partial charge is 0.152 e. The maximum absolute atomic E-state index is 2.38. The summed E-state index contributed by atoms with van der Waals surface area (Å²) in [5.74, 6) is 0.856. The second kappa shape index (κ2) is 13.7. The first-order chi connectivity index (χ1) is 6.13. The molecule has 0 aromatic heterocycles. The van der Waals surface area contributed by atoms with E-state index < -0.39 is 0 Å². The molecule has 0 N–H and O–H groups in total. The van der Waals surface area contributed by atoms with Crippen LogP contribution in [0.1, 0.15) is 62.3 Å². The van der Waals surface area contributed by atoms with Crippen LogP contribution in [0, 0.1) is 5.92 Å². The summed E-state index contributed by atoms with van der Waals surface area (Å²) in [6.07, 6.45) is 1.29. The van der Waals surface area contributed by atoms with Gasteiger partial charge in [-0.05, 0) is 6.92 Å². The minimum atomic E-state index is 0. The van der Waals surface area contributed by atoms with Gasteiger partial charge in [-0.2, -0.15) is 0 Å². The normalized spacial score (nSPS) is 22.4. The van der Waals surface area contributed by atoms with Gasteiger partial charge in [-0.25, -0.2) is 4.58 Å². The van der Waals surface area contributed by atoms with Crippen molar-refractivity contribution in [1.82, 2.24) is 0 Å². The van der Waals surface area contributed by atoms with Gasteiger partial charge < -0.3 is 0 Å². The van der Waals surface area contributed by atoms with Gasteiger partial charge in [0.15, 0.2) is 6.04 Å². The third kappa shape index (κ3) is 7.64. The van der Waals surface area contributed by atoms with Gasteiger partial charge in [0.05, 0.1) is 0 Å². The molecule has 0 saturated heterocycles. The fourth-order valence-electron chi connectivity index (χ4n) is 1.51. The van der Waals surface area contributed by atoms with Crippen LogP contribution < -0.4 is 0 Å². The lowest BCUT2D eigenvalue weighted by Gasteiger charge is -2.03. The van der Waals surface area contributed by atoms with E-state index in [-0.39, 0.29) is 15.8 Å². The van der Waals surface area contributed by atoms with Crippen LogP contribution in [0.3, 0.4) is 0 Å². The van der Waals surface area contributed by atoms with Crippen LogP contribution in [0.25, 0.3) is 0 Å². The van der Waals surface area contributed by atoms with Gasteiger partial charge in [0.2, 0.25) is 0 Å². The zero-order chi connectivity index (χ0) is 11.0. The third-order valence-corrected chi connectivity index (χ3v) is 2.65. The van der Waals surface area contributed by atoms with Crippen molar-refractivity contribution in [2.75, 3.05) is 7.05 Å². The predicted molar refractivity (Wildman–Crippen MR) is 75.3 cm³/mol. The highest BCUT2D eigenvalue weighted by Crippen LogP contribution is 2.18. The van der Waals surface area contributed by atoms with Gasteiger partial charge in [0.1, 0.15) is 12.8 Å². The fourth-order valence-corrected chi connectivity index (χ4v) is 1.51. The van der Waals surface area contributed by atoms with Gasteiger partial charge in [-0.15, -0.1) is 0 Å². The molecule has 0 saturated carbocycles. The van der Waals surface area contributed by atoms with Gasteiger partial charge >= 0.3 is 0 Å². The number of rotatable bonds is 0. The Labute approximate surface area is 101 Å². The molecule has 0 aromatic rings. The van der Waals surface area contributed by atoms with Gasteiger partial charge in [0.25, 0.3) is 0 Å². The highest BCUT2D eigenvalue weighted by Gasteiger charge is 2.29. The fraction of sp³-hybridized carbons (Fsp3) is 0.923. The summed E-state index contributed by atoms with van der Waals surface area (Å²) in [6, 6.07) is 0.755. The van der Waals surface area contributed by atoms with E-state index in [0.29, 0.717) is 0 Å². The summed E-state index contributed by atoms with van der Waals surface area (Å²) in [7, 11) is 2.18. The molecular formula is C13H32BN+. The molecule has 0 aliphatic carbocycles. The molecule has 2 unspecified atom stereocenters. The van der Waals surface area contributed by atoms with Crippen molar-refractivity contribution in [2.45, 2.75) is 68.4 Å². The van der Waals surface area contributed by atoms with Crippen LogP contribution in [-0.2, 0) is 0 Å². The lowest BCUT2D eigenvalue weighted by Crippen LogP contribution is -2.19. The Morgan fingerprint density at radius 2 is 1.40 bits per heavy atom. The molecule has 0 aromatic carbocycles. The molecule has 1 aliphatic rings. The van der Waals surface area contributed by atoms with Crippen LogP contribution in [0.15, 0.2) is 0 Å². The number of hydrogen-bond acceptors (Lipinski definition) is 0. The summed E-state index contributed by atoms with van der Waals surface area (Å²) in [5.41, 5.74) is 1.54. The minimum absolute atomic E-state index is 0. The van der Waals surface area contributed by atoms with Gasteiger partial charge in [-0.1, -0.05) is 42.0 Å². The highest BCUT2D eigenvalue weighted by atomic mass is 15.0. The second-order valence-electron chi connectivity index (χ2n) is 3.27. The van der Waals surface area contributed by atoms with Crippen molar-refractivity contribution < 1.29 is 4.58 Å². The quantitative estimate of drug-likeness (QED) is 0.425. The molecule has 91 valence electrons. The molecule has 2 heteroatoms. The lowest BCUT2D eigenvalue weighted by atomic mass is 10.0. The minimum Gasteiger partial charge on any atom is -0.237 e. The average molecular weight is 213 g/mol. The van der Waals surface area contributed by atoms with Gasteiger partial charge in [0, 0.05) is 27.7 Å². The topological polar surface area (TPSA) is 3.01 Å². The molecule has 1 nitrogen and oxygen atoms in total. The molecule has 2 atom stereocenters. The van der Waals surface area contributed by atoms with Crippen LogP contribution in [0.4, 0.5) is 0 Å². The number of hydrogen-bond donors (Lipinski definition) is 0. The van der Waals surface area contributed by atoms with Crippen molar-refractivity contribution in [2.24, 2.45) is 5.92 Å². The van der Waals surface area contributed by atoms with E-state index in [4.69, 9.17) is 0 Å². The summed E-state index contributed by atoms with van der Waals surface area (Å²) >= 11 is 0.